The van der Waals surface area contributed by atoms with E-state index in [2.05, 4.69) is 15.2 Å². The quantitative estimate of drug-likeness (QED) is 0.237. The Morgan fingerprint density at radius 1 is 0.892 bits per heavy atom. The summed E-state index contributed by atoms with van der Waals surface area (Å²) in [6.45, 7) is 2.03. The highest BCUT2D eigenvalue weighted by Gasteiger charge is 2.26. The van der Waals surface area contributed by atoms with Crippen LogP contribution in [-0.2, 0) is 4.79 Å². The van der Waals surface area contributed by atoms with Crippen LogP contribution < -0.4 is 10.2 Å². The molecular weight excluding hydrogens is 470 g/mol. The van der Waals surface area contributed by atoms with E-state index >= 15 is 0 Å². The third-order valence-corrected chi connectivity index (χ3v) is 6.43. The van der Waals surface area contributed by atoms with Crippen molar-refractivity contribution < 1.29 is 14.5 Å². The first-order valence-electron chi connectivity index (χ1n) is 11.9. The van der Waals surface area contributed by atoms with Crippen LogP contribution in [-0.4, -0.2) is 52.8 Å². The molecule has 37 heavy (non-hydrogen) atoms. The van der Waals surface area contributed by atoms with E-state index in [-0.39, 0.29) is 23.2 Å². The summed E-state index contributed by atoms with van der Waals surface area (Å²) in [5, 5.41) is 14.7. The van der Waals surface area contributed by atoms with Crippen molar-refractivity contribution in [2.75, 3.05) is 31.1 Å². The first kappa shape index (κ1) is 23.8. The molecule has 5 rings (SSSR count). The number of nitrogens with one attached hydrogen (secondary N) is 2. The number of non-ortho nitro benzene ring substituents is 1. The van der Waals surface area contributed by atoms with Gasteiger partial charge in [0.2, 0.25) is 0 Å². The fourth-order valence-corrected chi connectivity index (χ4v) is 4.43. The molecule has 0 saturated carbocycles. The van der Waals surface area contributed by atoms with E-state index in [9.17, 15) is 19.7 Å². The molecule has 1 aromatic heterocycles. The molecule has 3 aromatic carbocycles. The van der Waals surface area contributed by atoms with Crippen molar-refractivity contribution in [3.63, 3.8) is 0 Å². The van der Waals surface area contributed by atoms with Crippen LogP contribution in [0.4, 0.5) is 11.4 Å². The molecule has 1 saturated heterocycles. The summed E-state index contributed by atoms with van der Waals surface area (Å²) in [6.07, 6.45) is 3.53. The minimum absolute atomic E-state index is 0.0405. The SMILES string of the molecule is O=C(N/C(=C\c1c[nH]c2ccccc12)C(=O)N1CCN(c2ccc([N+](=O)[O-])cc2)CC1)c1ccccc1. The van der Waals surface area contributed by atoms with E-state index in [1.165, 1.54) is 12.1 Å². The van der Waals surface area contributed by atoms with Gasteiger partial charge in [0.25, 0.3) is 17.5 Å². The maximum atomic E-state index is 13.6. The number of nitro benzene ring substituents is 1. The van der Waals surface area contributed by atoms with Gasteiger partial charge < -0.3 is 20.1 Å². The van der Waals surface area contributed by atoms with E-state index in [4.69, 9.17) is 0 Å². The standard InChI is InChI=1S/C28H25N5O4/c34-27(20-6-2-1-3-7-20)30-26(18-21-19-29-25-9-5-4-8-24(21)25)28(35)32-16-14-31(15-17-32)22-10-12-23(13-11-22)33(36)37/h1-13,18-19,29H,14-17H2,(H,30,34)/b26-18-. The van der Waals surface area contributed by atoms with Crippen LogP contribution in [0.2, 0.25) is 0 Å². The monoisotopic (exact) mass is 495 g/mol. The molecule has 0 atom stereocenters. The molecule has 0 radical (unpaired) electrons. The zero-order chi connectivity index (χ0) is 25.8. The minimum atomic E-state index is -0.425. The van der Waals surface area contributed by atoms with E-state index < -0.39 is 4.92 Å². The largest absolute Gasteiger partial charge is 0.368 e. The van der Waals surface area contributed by atoms with Gasteiger partial charge in [-0.15, -0.1) is 0 Å². The molecule has 1 fully saturated rings. The Morgan fingerprint density at radius 2 is 1.57 bits per heavy atom. The average Bonchev–Trinajstić information content (AvgIpc) is 3.35. The maximum Gasteiger partial charge on any atom is 0.270 e. The van der Waals surface area contributed by atoms with Gasteiger partial charge in [0, 0.05) is 72.2 Å². The summed E-state index contributed by atoms with van der Waals surface area (Å²) in [7, 11) is 0. The summed E-state index contributed by atoms with van der Waals surface area (Å²) in [5.74, 6) is -0.623. The molecular formula is C28H25N5O4. The molecule has 9 nitrogen and oxygen atoms in total. The maximum absolute atomic E-state index is 13.6. The number of H-pyrrole nitrogens is 1. The number of carbonyl (C=O) groups is 2. The second-order valence-electron chi connectivity index (χ2n) is 8.72. The number of amides is 2. The van der Waals surface area contributed by atoms with Gasteiger partial charge in [0.05, 0.1) is 4.92 Å². The summed E-state index contributed by atoms with van der Waals surface area (Å²) in [6, 6.07) is 22.9. The van der Waals surface area contributed by atoms with Gasteiger partial charge in [-0.2, -0.15) is 0 Å². The highest BCUT2D eigenvalue weighted by Crippen LogP contribution is 2.23. The van der Waals surface area contributed by atoms with Gasteiger partial charge in [-0.1, -0.05) is 36.4 Å². The molecule has 9 heteroatoms. The minimum Gasteiger partial charge on any atom is -0.368 e. The lowest BCUT2D eigenvalue weighted by Gasteiger charge is -2.36. The van der Waals surface area contributed by atoms with Gasteiger partial charge in [-0.25, -0.2) is 0 Å². The molecule has 0 aliphatic carbocycles. The van der Waals surface area contributed by atoms with Gasteiger partial charge in [0.15, 0.2) is 0 Å². The Kier molecular flexibility index (Phi) is 6.67. The van der Waals surface area contributed by atoms with E-state index in [1.54, 1.807) is 47.4 Å². The van der Waals surface area contributed by atoms with E-state index in [1.807, 2.05) is 36.5 Å². The number of hydrogen-bond donors (Lipinski definition) is 2. The molecule has 0 bridgehead atoms. The molecule has 2 N–H and O–H groups in total. The summed E-state index contributed by atoms with van der Waals surface area (Å²) in [5.41, 5.74) is 3.30. The Hall–Kier alpha value is -4.92. The lowest BCUT2D eigenvalue weighted by Crippen LogP contribution is -2.50. The van der Waals surface area contributed by atoms with Crippen LogP contribution >= 0.6 is 0 Å². The molecule has 0 spiro atoms. The number of hydrogen-bond acceptors (Lipinski definition) is 5. The van der Waals surface area contributed by atoms with Gasteiger partial charge in [-0.3, -0.25) is 19.7 Å². The number of nitro groups is 1. The molecule has 0 unspecified atom stereocenters. The zero-order valence-electron chi connectivity index (χ0n) is 20.0. The molecule has 2 amide bonds. The smallest absolute Gasteiger partial charge is 0.270 e. The first-order chi connectivity index (χ1) is 18.0. The molecule has 1 aliphatic heterocycles. The van der Waals surface area contributed by atoms with Gasteiger partial charge in [-0.05, 0) is 36.4 Å². The second-order valence-corrected chi connectivity index (χ2v) is 8.72. The number of benzene rings is 3. The zero-order valence-corrected chi connectivity index (χ0v) is 20.0. The first-order valence-corrected chi connectivity index (χ1v) is 11.9. The Balaban J connectivity index is 1.36. The van der Waals surface area contributed by atoms with E-state index in [0.29, 0.717) is 31.7 Å². The van der Waals surface area contributed by atoms with Crippen LogP contribution in [0.3, 0.4) is 0 Å². The Bertz CT molecular complexity index is 1470. The van der Waals surface area contributed by atoms with Crippen molar-refractivity contribution in [1.82, 2.24) is 15.2 Å². The molecule has 2 heterocycles. The van der Waals surface area contributed by atoms with Crippen molar-refractivity contribution in [1.29, 1.82) is 0 Å². The normalized spacial score (nSPS) is 14.0. The van der Waals surface area contributed by atoms with Crippen LogP contribution in [0, 0.1) is 10.1 Å². The van der Waals surface area contributed by atoms with Crippen molar-refractivity contribution in [3.8, 4) is 0 Å². The van der Waals surface area contributed by atoms with Crippen LogP contribution in [0.5, 0.6) is 0 Å². The predicted octanol–water partition coefficient (Wildman–Crippen LogP) is 4.20. The number of anilines is 1. The third-order valence-electron chi connectivity index (χ3n) is 6.43. The summed E-state index contributed by atoms with van der Waals surface area (Å²) < 4.78 is 0. The van der Waals surface area contributed by atoms with Crippen molar-refractivity contribution >= 4 is 40.2 Å². The topological polar surface area (TPSA) is 112 Å². The number of rotatable bonds is 6. The number of para-hydroxylation sites is 1. The number of carbonyl (C=O) groups excluding carboxylic acids is 2. The second kappa shape index (κ2) is 10.4. The number of nitrogens with zero attached hydrogens (tertiary/aromatic N) is 3. The number of fused-ring (bicyclic) bond motifs is 1. The highest BCUT2D eigenvalue weighted by molar-refractivity contribution is 6.06. The Labute approximate surface area is 213 Å². The third kappa shape index (κ3) is 5.20. The molecule has 186 valence electrons. The van der Waals surface area contributed by atoms with Crippen LogP contribution in [0.1, 0.15) is 15.9 Å². The highest BCUT2D eigenvalue weighted by atomic mass is 16.6. The lowest BCUT2D eigenvalue weighted by molar-refractivity contribution is -0.384. The fraction of sp³-hybridized carbons (Fsp3) is 0.143. The summed E-state index contributed by atoms with van der Waals surface area (Å²) in [4.78, 5) is 44.1. The van der Waals surface area contributed by atoms with Gasteiger partial charge >= 0.3 is 0 Å². The van der Waals surface area contributed by atoms with Gasteiger partial charge in [0.1, 0.15) is 5.70 Å². The van der Waals surface area contributed by atoms with Crippen LogP contribution in [0.15, 0.2) is 90.8 Å². The van der Waals surface area contributed by atoms with Crippen molar-refractivity contribution in [2.45, 2.75) is 0 Å². The number of aromatic amines is 1. The van der Waals surface area contributed by atoms with Crippen molar-refractivity contribution in [3.05, 3.63) is 112 Å². The lowest BCUT2D eigenvalue weighted by atomic mass is 10.1. The van der Waals surface area contributed by atoms with Crippen molar-refractivity contribution in [2.24, 2.45) is 0 Å². The molecule has 1 aliphatic rings. The molecule has 4 aromatic rings. The average molecular weight is 496 g/mol. The Morgan fingerprint density at radius 3 is 2.27 bits per heavy atom. The summed E-state index contributed by atoms with van der Waals surface area (Å²) >= 11 is 0. The predicted molar refractivity (Wildman–Crippen MR) is 142 cm³/mol. The number of piperazine rings is 1. The van der Waals surface area contributed by atoms with Crippen LogP contribution in [0.25, 0.3) is 17.0 Å². The number of aromatic nitrogens is 1. The fourth-order valence-electron chi connectivity index (χ4n) is 4.43. The van der Waals surface area contributed by atoms with E-state index in [0.717, 1.165) is 22.2 Å².